The Labute approximate surface area is 193 Å². The van der Waals surface area contributed by atoms with Crippen molar-refractivity contribution in [2.24, 2.45) is 0 Å². The van der Waals surface area contributed by atoms with E-state index in [9.17, 15) is 22.4 Å². The summed E-state index contributed by atoms with van der Waals surface area (Å²) in [6, 6.07) is 6.32. The normalized spacial score (nSPS) is 16.1. The number of amides is 1. The molecule has 0 spiro atoms. The lowest BCUT2D eigenvalue weighted by atomic mass is 9.74. The average Bonchev–Trinajstić information content (AvgIpc) is 3.23. The quantitative estimate of drug-likeness (QED) is 0.546. The summed E-state index contributed by atoms with van der Waals surface area (Å²) >= 11 is 0. The van der Waals surface area contributed by atoms with E-state index in [0.717, 1.165) is 10.1 Å². The van der Waals surface area contributed by atoms with Crippen LogP contribution >= 0.6 is 0 Å². The van der Waals surface area contributed by atoms with Crippen LogP contribution in [0.4, 0.5) is 17.6 Å². The van der Waals surface area contributed by atoms with E-state index < -0.39 is 12.0 Å². The Morgan fingerprint density at radius 2 is 1.82 bits per heavy atom. The highest BCUT2D eigenvalue weighted by Crippen LogP contribution is 2.34. The van der Waals surface area contributed by atoms with Gasteiger partial charge in [-0.3, -0.25) is 4.79 Å². The first-order valence-electron chi connectivity index (χ1n) is 11.0. The van der Waals surface area contributed by atoms with Crippen LogP contribution in [0.15, 0.2) is 24.3 Å². The molecule has 0 radical (unpaired) electrons. The second-order valence-corrected chi connectivity index (χ2v) is 8.58. The highest BCUT2D eigenvalue weighted by molar-refractivity contribution is 5.76. The van der Waals surface area contributed by atoms with Gasteiger partial charge in [0.25, 0.3) is 11.6 Å². The molecule has 3 heterocycles. The number of carbonyl (C=O) groups is 1. The number of rotatable bonds is 6. The summed E-state index contributed by atoms with van der Waals surface area (Å²) in [5.41, 5.74) is 2.23. The standard InChI is InChI=1S/C23H25F4N5O2/c1-14-18(15(2)32-21(29-14)30-20(31-32)23(25,26)27)7-8-19(33)28-13-22(9-11-34-12-10-22)16-3-5-17(24)6-4-16/h3-6H,7-13H2,1-2H3,(H,28,33). The van der Waals surface area contributed by atoms with E-state index in [4.69, 9.17) is 4.74 Å². The van der Waals surface area contributed by atoms with E-state index in [1.807, 2.05) is 0 Å². The summed E-state index contributed by atoms with van der Waals surface area (Å²) in [7, 11) is 0. The van der Waals surface area contributed by atoms with E-state index in [0.29, 0.717) is 56.0 Å². The van der Waals surface area contributed by atoms with Crippen molar-refractivity contribution in [3.05, 3.63) is 58.4 Å². The van der Waals surface area contributed by atoms with Crippen molar-refractivity contribution in [3.8, 4) is 0 Å². The number of aromatic nitrogens is 4. The van der Waals surface area contributed by atoms with Gasteiger partial charge in [0.2, 0.25) is 5.91 Å². The van der Waals surface area contributed by atoms with Crippen LogP contribution < -0.4 is 5.32 Å². The fraction of sp³-hybridized carbons (Fsp3) is 0.478. The van der Waals surface area contributed by atoms with Gasteiger partial charge in [-0.25, -0.2) is 13.9 Å². The van der Waals surface area contributed by atoms with Gasteiger partial charge in [0.05, 0.1) is 0 Å². The molecule has 0 bridgehead atoms. The third-order valence-corrected chi connectivity index (χ3v) is 6.44. The lowest BCUT2D eigenvalue weighted by molar-refractivity contribution is -0.144. The van der Waals surface area contributed by atoms with Crippen LogP contribution in [0.5, 0.6) is 0 Å². The van der Waals surface area contributed by atoms with Crippen molar-refractivity contribution in [1.29, 1.82) is 0 Å². The topological polar surface area (TPSA) is 81.4 Å². The number of carbonyl (C=O) groups excluding carboxylic acids is 1. The van der Waals surface area contributed by atoms with Crippen LogP contribution in [-0.2, 0) is 27.5 Å². The van der Waals surface area contributed by atoms with Gasteiger partial charge in [-0.1, -0.05) is 12.1 Å². The van der Waals surface area contributed by atoms with Crippen molar-refractivity contribution in [2.45, 2.75) is 51.1 Å². The monoisotopic (exact) mass is 479 g/mol. The molecule has 4 rings (SSSR count). The number of aryl methyl sites for hydroxylation is 2. The molecule has 182 valence electrons. The third kappa shape index (κ3) is 4.89. The average molecular weight is 479 g/mol. The summed E-state index contributed by atoms with van der Waals surface area (Å²) in [6.07, 6.45) is -2.85. The van der Waals surface area contributed by atoms with Crippen molar-refractivity contribution in [3.63, 3.8) is 0 Å². The molecule has 1 N–H and O–H groups in total. The molecule has 0 unspecified atom stereocenters. The molecule has 1 aromatic carbocycles. The Bertz CT molecular complexity index is 1180. The number of ether oxygens (including phenoxy) is 1. The van der Waals surface area contributed by atoms with Gasteiger partial charge in [0.15, 0.2) is 0 Å². The molecule has 1 aliphatic rings. The fourth-order valence-corrected chi connectivity index (χ4v) is 4.42. The SMILES string of the molecule is Cc1nc2nc(C(F)(F)F)nn2c(C)c1CCC(=O)NCC1(c2ccc(F)cc2)CCOCC1. The second-order valence-electron chi connectivity index (χ2n) is 8.58. The minimum Gasteiger partial charge on any atom is -0.381 e. The summed E-state index contributed by atoms with van der Waals surface area (Å²) in [5, 5.41) is 6.52. The summed E-state index contributed by atoms with van der Waals surface area (Å²) in [4.78, 5) is 20.3. The zero-order valence-electron chi connectivity index (χ0n) is 18.9. The van der Waals surface area contributed by atoms with Crippen molar-refractivity contribution in [2.75, 3.05) is 19.8 Å². The maximum Gasteiger partial charge on any atom is 0.453 e. The fourth-order valence-electron chi connectivity index (χ4n) is 4.42. The summed E-state index contributed by atoms with van der Waals surface area (Å²) < 4.78 is 58.9. The summed E-state index contributed by atoms with van der Waals surface area (Å²) in [5.74, 6) is -1.89. The van der Waals surface area contributed by atoms with Gasteiger partial charge in [-0.2, -0.15) is 18.2 Å². The lowest BCUT2D eigenvalue weighted by Crippen LogP contribution is -2.44. The van der Waals surface area contributed by atoms with E-state index in [1.54, 1.807) is 26.0 Å². The number of nitrogens with one attached hydrogen (secondary N) is 1. The Balaban J connectivity index is 1.45. The second kappa shape index (κ2) is 9.28. The number of nitrogens with zero attached hydrogens (tertiary/aromatic N) is 4. The molecule has 11 heteroatoms. The van der Waals surface area contributed by atoms with Gasteiger partial charge in [-0.05, 0) is 56.4 Å². The molecule has 1 amide bonds. The first-order chi connectivity index (χ1) is 16.1. The predicted octanol–water partition coefficient (Wildman–Crippen LogP) is 3.70. The van der Waals surface area contributed by atoms with Crippen LogP contribution in [0.3, 0.4) is 0 Å². The first kappa shape index (κ1) is 24.1. The molecule has 3 aromatic rings. The van der Waals surface area contributed by atoms with E-state index in [-0.39, 0.29) is 29.3 Å². The highest BCUT2D eigenvalue weighted by Gasteiger charge is 2.37. The Morgan fingerprint density at radius 3 is 2.47 bits per heavy atom. The van der Waals surface area contributed by atoms with E-state index in [1.165, 1.54) is 12.1 Å². The molecule has 7 nitrogen and oxygen atoms in total. The maximum atomic E-state index is 13.4. The van der Waals surface area contributed by atoms with Gasteiger partial charge in [-0.15, -0.1) is 5.10 Å². The van der Waals surface area contributed by atoms with Gasteiger partial charge in [0, 0.05) is 43.0 Å². The van der Waals surface area contributed by atoms with Crippen LogP contribution in [-0.4, -0.2) is 45.2 Å². The zero-order chi connectivity index (χ0) is 24.5. The van der Waals surface area contributed by atoms with Gasteiger partial charge >= 0.3 is 6.18 Å². The number of halogens is 4. The Hall–Kier alpha value is -3.08. The Kier molecular flexibility index (Phi) is 6.57. The van der Waals surface area contributed by atoms with Crippen molar-refractivity contribution >= 4 is 11.7 Å². The van der Waals surface area contributed by atoms with Crippen molar-refractivity contribution < 1.29 is 27.1 Å². The largest absolute Gasteiger partial charge is 0.453 e. The number of fused-ring (bicyclic) bond motifs is 1. The van der Waals surface area contributed by atoms with Crippen LogP contribution in [0.25, 0.3) is 5.78 Å². The van der Waals surface area contributed by atoms with E-state index in [2.05, 4.69) is 20.4 Å². The van der Waals surface area contributed by atoms with Crippen molar-refractivity contribution in [1.82, 2.24) is 24.9 Å². The zero-order valence-corrected chi connectivity index (χ0v) is 18.9. The van der Waals surface area contributed by atoms with Crippen LogP contribution in [0.2, 0.25) is 0 Å². The minimum atomic E-state index is -4.67. The maximum absolute atomic E-state index is 13.4. The molecular weight excluding hydrogens is 454 g/mol. The molecule has 0 aliphatic carbocycles. The van der Waals surface area contributed by atoms with Crippen LogP contribution in [0.1, 0.15) is 47.6 Å². The molecule has 34 heavy (non-hydrogen) atoms. The molecular formula is C23H25F4N5O2. The lowest BCUT2D eigenvalue weighted by Gasteiger charge is -2.38. The van der Waals surface area contributed by atoms with Crippen LogP contribution in [0, 0.1) is 19.7 Å². The molecule has 1 fully saturated rings. The van der Waals surface area contributed by atoms with Gasteiger partial charge < -0.3 is 10.1 Å². The number of hydrogen-bond donors (Lipinski definition) is 1. The van der Waals surface area contributed by atoms with Gasteiger partial charge in [0.1, 0.15) is 5.82 Å². The molecule has 1 saturated heterocycles. The number of alkyl halides is 3. The number of benzene rings is 1. The molecule has 0 atom stereocenters. The smallest absolute Gasteiger partial charge is 0.381 e. The molecule has 2 aromatic heterocycles. The number of hydrogen-bond acceptors (Lipinski definition) is 5. The van der Waals surface area contributed by atoms with E-state index >= 15 is 0 Å². The predicted molar refractivity (Wildman–Crippen MR) is 115 cm³/mol. The molecule has 1 aliphatic heterocycles. The molecule has 0 saturated carbocycles. The third-order valence-electron chi connectivity index (χ3n) is 6.44. The summed E-state index contributed by atoms with van der Waals surface area (Å²) in [6.45, 7) is 4.79. The Morgan fingerprint density at radius 1 is 1.15 bits per heavy atom. The highest BCUT2D eigenvalue weighted by atomic mass is 19.4. The first-order valence-corrected chi connectivity index (χ1v) is 11.0. The minimum absolute atomic E-state index is 0.128.